The fourth-order valence-electron chi connectivity index (χ4n) is 2.45. The van der Waals surface area contributed by atoms with Crippen LogP contribution in [0.25, 0.3) is 0 Å². The van der Waals surface area contributed by atoms with Crippen molar-refractivity contribution in [3.8, 4) is 0 Å². The van der Waals surface area contributed by atoms with Gasteiger partial charge in [-0.1, -0.05) is 0 Å². The lowest BCUT2D eigenvalue weighted by molar-refractivity contribution is -0.143. The van der Waals surface area contributed by atoms with E-state index in [2.05, 4.69) is 0 Å². The van der Waals surface area contributed by atoms with Crippen LogP contribution in [0.4, 0.5) is 8.78 Å². The molecule has 0 saturated heterocycles. The number of aliphatic carboxylic acids is 1. The number of hydrogen-bond donors (Lipinski definition) is 2. The number of carboxylic acids is 1. The molecule has 1 aromatic rings. The summed E-state index contributed by atoms with van der Waals surface area (Å²) in [4.78, 5) is 11.0. The van der Waals surface area contributed by atoms with Gasteiger partial charge in [0.05, 0.1) is 5.41 Å². The molecule has 3 nitrogen and oxygen atoms in total. The second-order valence-electron chi connectivity index (χ2n) is 4.88. The first kappa shape index (κ1) is 13.0. The van der Waals surface area contributed by atoms with Crippen LogP contribution in [0, 0.1) is 23.0 Å². The number of nitrogens with two attached hydrogens (primary N) is 1. The van der Waals surface area contributed by atoms with E-state index in [0.29, 0.717) is 24.8 Å². The SMILES string of the molecule is NCC1(C(=O)O)CC1CCc1cc(F)cc(F)c1. The molecule has 2 atom stereocenters. The van der Waals surface area contributed by atoms with Crippen LogP contribution in [0.1, 0.15) is 18.4 Å². The molecule has 98 valence electrons. The van der Waals surface area contributed by atoms with E-state index in [1.54, 1.807) is 0 Å². The lowest BCUT2D eigenvalue weighted by Crippen LogP contribution is -2.27. The molecule has 0 heterocycles. The molecular formula is C13H15F2NO2. The summed E-state index contributed by atoms with van der Waals surface area (Å²) in [5.74, 6) is -2.08. The van der Waals surface area contributed by atoms with E-state index < -0.39 is 23.0 Å². The predicted molar refractivity (Wildman–Crippen MR) is 61.9 cm³/mol. The van der Waals surface area contributed by atoms with Gasteiger partial charge in [0.25, 0.3) is 0 Å². The van der Waals surface area contributed by atoms with Crippen LogP contribution in [-0.4, -0.2) is 17.6 Å². The van der Waals surface area contributed by atoms with Gasteiger partial charge in [-0.25, -0.2) is 8.78 Å². The molecule has 2 rings (SSSR count). The van der Waals surface area contributed by atoms with E-state index in [9.17, 15) is 13.6 Å². The lowest BCUT2D eigenvalue weighted by Gasteiger charge is -2.09. The highest BCUT2D eigenvalue weighted by Gasteiger charge is 2.58. The zero-order chi connectivity index (χ0) is 13.3. The average molecular weight is 255 g/mol. The summed E-state index contributed by atoms with van der Waals surface area (Å²) in [5.41, 5.74) is 5.21. The molecule has 0 amide bonds. The van der Waals surface area contributed by atoms with Gasteiger partial charge >= 0.3 is 5.97 Å². The Morgan fingerprint density at radius 2 is 2.00 bits per heavy atom. The largest absolute Gasteiger partial charge is 0.481 e. The highest BCUT2D eigenvalue weighted by atomic mass is 19.1. The molecule has 5 heteroatoms. The molecule has 2 unspecified atom stereocenters. The highest BCUT2D eigenvalue weighted by molar-refractivity contribution is 5.79. The van der Waals surface area contributed by atoms with Crippen molar-refractivity contribution >= 4 is 5.97 Å². The van der Waals surface area contributed by atoms with Gasteiger partial charge < -0.3 is 10.8 Å². The summed E-state index contributed by atoms with van der Waals surface area (Å²) in [5, 5.41) is 9.06. The van der Waals surface area contributed by atoms with E-state index >= 15 is 0 Å². The summed E-state index contributed by atoms with van der Waals surface area (Å²) in [6.45, 7) is 0.116. The first-order valence-corrected chi connectivity index (χ1v) is 5.86. The summed E-state index contributed by atoms with van der Waals surface area (Å²) in [6, 6.07) is 3.37. The molecule has 0 spiro atoms. The fraction of sp³-hybridized carbons (Fsp3) is 0.462. The summed E-state index contributed by atoms with van der Waals surface area (Å²) in [7, 11) is 0. The molecule has 1 fully saturated rings. The minimum absolute atomic E-state index is 0.00586. The van der Waals surface area contributed by atoms with Gasteiger partial charge in [-0.05, 0) is 42.9 Å². The quantitative estimate of drug-likeness (QED) is 0.845. The number of aryl methyl sites for hydroxylation is 1. The zero-order valence-corrected chi connectivity index (χ0v) is 9.83. The molecule has 1 aliphatic carbocycles. The van der Waals surface area contributed by atoms with Gasteiger partial charge in [-0.2, -0.15) is 0 Å². The van der Waals surface area contributed by atoms with Crippen molar-refractivity contribution in [1.29, 1.82) is 0 Å². The van der Waals surface area contributed by atoms with Gasteiger partial charge in [0, 0.05) is 12.6 Å². The number of carboxylic acid groups (broad SMARTS) is 1. The molecule has 0 aromatic heterocycles. The maximum absolute atomic E-state index is 13.0. The molecule has 1 aliphatic rings. The van der Waals surface area contributed by atoms with Gasteiger partial charge in [-0.15, -0.1) is 0 Å². The number of hydrogen-bond acceptors (Lipinski definition) is 2. The standard InChI is InChI=1S/C13H15F2NO2/c14-10-3-8(4-11(15)5-10)1-2-9-6-13(9,7-16)12(17)18/h3-5,9H,1-2,6-7,16H2,(H,17,18). The van der Waals surface area contributed by atoms with Crippen LogP contribution in [0.3, 0.4) is 0 Å². The van der Waals surface area contributed by atoms with Gasteiger partial charge in [-0.3, -0.25) is 4.79 Å². The summed E-state index contributed by atoms with van der Waals surface area (Å²) < 4.78 is 25.9. The Labute approximate surface area is 104 Å². The van der Waals surface area contributed by atoms with E-state index in [0.717, 1.165) is 6.07 Å². The summed E-state index contributed by atoms with van der Waals surface area (Å²) in [6.07, 6.45) is 1.61. The van der Waals surface area contributed by atoms with Crippen LogP contribution in [0.15, 0.2) is 18.2 Å². The maximum Gasteiger partial charge on any atom is 0.311 e. The Bertz CT molecular complexity index is 458. The lowest BCUT2D eigenvalue weighted by atomic mass is 9.99. The third kappa shape index (κ3) is 2.36. The van der Waals surface area contributed by atoms with Crippen molar-refractivity contribution in [3.05, 3.63) is 35.4 Å². The van der Waals surface area contributed by atoms with E-state index in [-0.39, 0.29) is 12.5 Å². The molecule has 18 heavy (non-hydrogen) atoms. The summed E-state index contributed by atoms with van der Waals surface area (Å²) >= 11 is 0. The first-order chi connectivity index (χ1) is 8.48. The van der Waals surface area contributed by atoms with E-state index in [1.807, 2.05) is 0 Å². The fourth-order valence-corrected chi connectivity index (χ4v) is 2.45. The Hall–Kier alpha value is -1.49. The maximum atomic E-state index is 13.0. The first-order valence-electron chi connectivity index (χ1n) is 5.86. The average Bonchev–Trinajstić information content (AvgIpc) is 3.00. The third-order valence-corrected chi connectivity index (χ3v) is 3.73. The Kier molecular flexibility index (Phi) is 3.34. The van der Waals surface area contributed by atoms with Crippen LogP contribution in [0.5, 0.6) is 0 Å². The number of halogens is 2. The minimum Gasteiger partial charge on any atom is -0.481 e. The molecule has 1 saturated carbocycles. The Morgan fingerprint density at radius 3 is 2.44 bits per heavy atom. The molecule has 0 radical (unpaired) electrons. The monoisotopic (exact) mass is 255 g/mol. The van der Waals surface area contributed by atoms with Crippen molar-refractivity contribution in [3.63, 3.8) is 0 Å². The van der Waals surface area contributed by atoms with Gasteiger partial charge in [0.15, 0.2) is 0 Å². The van der Waals surface area contributed by atoms with Gasteiger partial charge in [0.2, 0.25) is 0 Å². The molecule has 3 N–H and O–H groups in total. The van der Waals surface area contributed by atoms with Crippen molar-refractivity contribution in [2.45, 2.75) is 19.3 Å². The normalized spacial score (nSPS) is 26.1. The molecule has 0 bridgehead atoms. The second kappa shape index (κ2) is 4.65. The van der Waals surface area contributed by atoms with Crippen molar-refractivity contribution in [2.75, 3.05) is 6.54 Å². The topological polar surface area (TPSA) is 63.3 Å². The van der Waals surface area contributed by atoms with E-state index in [1.165, 1.54) is 12.1 Å². The number of carbonyl (C=O) groups is 1. The van der Waals surface area contributed by atoms with Crippen LogP contribution >= 0.6 is 0 Å². The van der Waals surface area contributed by atoms with Crippen molar-refractivity contribution < 1.29 is 18.7 Å². The van der Waals surface area contributed by atoms with Crippen LogP contribution in [-0.2, 0) is 11.2 Å². The number of benzene rings is 1. The second-order valence-corrected chi connectivity index (χ2v) is 4.88. The van der Waals surface area contributed by atoms with E-state index in [4.69, 9.17) is 10.8 Å². The molecule has 1 aromatic carbocycles. The molecule has 0 aliphatic heterocycles. The zero-order valence-electron chi connectivity index (χ0n) is 9.83. The highest BCUT2D eigenvalue weighted by Crippen LogP contribution is 2.54. The van der Waals surface area contributed by atoms with Crippen molar-refractivity contribution in [1.82, 2.24) is 0 Å². The third-order valence-electron chi connectivity index (χ3n) is 3.73. The molecular weight excluding hydrogens is 240 g/mol. The van der Waals surface area contributed by atoms with Gasteiger partial charge in [0.1, 0.15) is 11.6 Å². The Balaban J connectivity index is 1.96. The number of rotatable bonds is 5. The smallest absolute Gasteiger partial charge is 0.311 e. The van der Waals surface area contributed by atoms with Crippen LogP contribution < -0.4 is 5.73 Å². The minimum atomic E-state index is -0.875. The Morgan fingerprint density at radius 1 is 1.39 bits per heavy atom. The van der Waals surface area contributed by atoms with Crippen LogP contribution in [0.2, 0.25) is 0 Å². The predicted octanol–water partition coefficient (Wildman–Crippen LogP) is 1.95. The van der Waals surface area contributed by atoms with Crippen molar-refractivity contribution in [2.24, 2.45) is 17.1 Å².